The number of likely N-dealkylation sites (tertiary alicyclic amines) is 1. The number of hydrogen-bond acceptors (Lipinski definition) is 9. The van der Waals surface area contributed by atoms with Gasteiger partial charge in [-0.15, -0.1) is 0 Å². The van der Waals surface area contributed by atoms with E-state index in [1.54, 1.807) is 6.20 Å². The highest BCUT2D eigenvalue weighted by molar-refractivity contribution is 5.79. The van der Waals surface area contributed by atoms with Crippen molar-refractivity contribution in [3.8, 4) is 11.3 Å². The van der Waals surface area contributed by atoms with Crippen LogP contribution in [0.2, 0.25) is 0 Å². The van der Waals surface area contributed by atoms with E-state index in [2.05, 4.69) is 55.6 Å². The number of nitrogens with one attached hydrogen (secondary N) is 2. The molecule has 3 aromatic rings. The van der Waals surface area contributed by atoms with E-state index in [4.69, 9.17) is 20.2 Å². The molecule has 2 aromatic heterocycles. The lowest BCUT2D eigenvalue weighted by Crippen LogP contribution is -2.36. The predicted molar refractivity (Wildman–Crippen MR) is 168 cm³/mol. The van der Waals surface area contributed by atoms with Gasteiger partial charge >= 0.3 is 5.97 Å². The summed E-state index contributed by atoms with van der Waals surface area (Å²) < 4.78 is 10.8. The van der Waals surface area contributed by atoms with Gasteiger partial charge < -0.3 is 30.3 Å². The minimum atomic E-state index is -0.655. The molecule has 4 N–H and O–H groups in total. The maximum atomic E-state index is 12.9. The number of carbonyl (C=O) groups is 2. The molecule has 0 spiro atoms. The highest BCUT2D eigenvalue weighted by atomic mass is 16.5. The molecule has 3 aliphatic heterocycles. The summed E-state index contributed by atoms with van der Waals surface area (Å²) >= 11 is 0. The number of hydrogen-bond donors (Lipinski definition) is 3. The Hall–Kier alpha value is -3.96. The van der Waals surface area contributed by atoms with Crippen LogP contribution in [0.25, 0.3) is 11.3 Å². The maximum absolute atomic E-state index is 12.9. The van der Waals surface area contributed by atoms with Crippen LogP contribution in [0, 0.1) is 5.92 Å². The molecule has 0 aliphatic carbocycles. The third-order valence-corrected chi connectivity index (χ3v) is 9.00. The number of aromatic amines is 1. The lowest BCUT2D eigenvalue weighted by molar-refractivity contribution is -0.148. The van der Waals surface area contributed by atoms with Crippen LogP contribution < -0.4 is 16.0 Å². The van der Waals surface area contributed by atoms with Crippen LogP contribution in [-0.2, 0) is 31.9 Å². The van der Waals surface area contributed by atoms with Crippen molar-refractivity contribution < 1.29 is 19.1 Å². The van der Waals surface area contributed by atoms with Crippen LogP contribution >= 0.6 is 0 Å². The molecule has 3 aliphatic rings. The van der Waals surface area contributed by atoms with E-state index in [0.29, 0.717) is 19.1 Å². The van der Waals surface area contributed by atoms with Gasteiger partial charge in [0.05, 0.1) is 25.3 Å². The number of nitrogens with zero attached hydrogens (tertiary/aromatic N) is 4. The Labute approximate surface area is 258 Å². The van der Waals surface area contributed by atoms with E-state index in [0.717, 1.165) is 105 Å². The highest BCUT2D eigenvalue weighted by Gasteiger charge is 2.28. The van der Waals surface area contributed by atoms with Crippen molar-refractivity contribution in [2.45, 2.75) is 44.4 Å². The van der Waals surface area contributed by atoms with Crippen molar-refractivity contribution in [1.29, 1.82) is 0 Å². The Morgan fingerprint density at radius 1 is 1.14 bits per heavy atom. The molecule has 11 nitrogen and oxygen atoms in total. The highest BCUT2D eigenvalue weighted by Crippen LogP contribution is 2.33. The van der Waals surface area contributed by atoms with Crippen molar-refractivity contribution in [2.75, 3.05) is 69.3 Å². The summed E-state index contributed by atoms with van der Waals surface area (Å²) in [6, 6.07) is 12.9. The maximum Gasteiger partial charge on any atom is 0.306 e. The van der Waals surface area contributed by atoms with Gasteiger partial charge in [-0.2, -0.15) is 5.10 Å². The van der Waals surface area contributed by atoms with E-state index in [9.17, 15) is 9.59 Å². The van der Waals surface area contributed by atoms with E-state index in [1.165, 1.54) is 5.56 Å². The minimum Gasteiger partial charge on any atom is -0.456 e. The number of primary amides is 1. The molecular formula is C33H43N7O4. The number of anilines is 2. The molecule has 0 unspecified atom stereocenters. The van der Waals surface area contributed by atoms with Crippen molar-refractivity contribution in [2.24, 2.45) is 11.7 Å². The van der Waals surface area contributed by atoms with Crippen LogP contribution in [0.5, 0.6) is 0 Å². The normalized spacial score (nSPS) is 19.3. The van der Waals surface area contributed by atoms with Gasteiger partial charge in [0.2, 0.25) is 0 Å². The van der Waals surface area contributed by atoms with Gasteiger partial charge in [0.25, 0.3) is 5.91 Å². The topological polar surface area (TPSA) is 139 Å². The van der Waals surface area contributed by atoms with Crippen LogP contribution in [0.3, 0.4) is 0 Å². The van der Waals surface area contributed by atoms with Gasteiger partial charge in [-0.25, -0.2) is 4.98 Å². The van der Waals surface area contributed by atoms with E-state index in [1.807, 2.05) is 6.07 Å². The largest absolute Gasteiger partial charge is 0.456 e. The molecule has 234 valence electrons. The number of carbonyl (C=O) groups excluding carboxylic acids is 2. The second-order valence-electron chi connectivity index (χ2n) is 12.2. The van der Waals surface area contributed by atoms with E-state index < -0.39 is 18.5 Å². The first-order valence-electron chi connectivity index (χ1n) is 15.9. The molecule has 2 saturated heterocycles. The Balaban J connectivity index is 1.17. The molecule has 0 bridgehead atoms. The van der Waals surface area contributed by atoms with E-state index >= 15 is 0 Å². The van der Waals surface area contributed by atoms with Gasteiger partial charge in [0.1, 0.15) is 5.82 Å². The zero-order valence-corrected chi connectivity index (χ0v) is 25.3. The Morgan fingerprint density at radius 2 is 2.02 bits per heavy atom. The molecule has 1 amide bonds. The summed E-state index contributed by atoms with van der Waals surface area (Å²) in [6.45, 7) is 6.24. The molecule has 44 heavy (non-hydrogen) atoms. The smallest absolute Gasteiger partial charge is 0.306 e. The Bertz CT molecular complexity index is 1420. The summed E-state index contributed by atoms with van der Waals surface area (Å²) in [6.07, 6.45) is 7.34. The summed E-state index contributed by atoms with van der Waals surface area (Å²) in [5.41, 5.74) is 11.8. The quantitative estimate of drug-likeness (QED) is 0.267. The number of benzene rings is 1. The molecule has 11 heteroatoms. The molecule has 0 radical (unpaired) electrons. The first-order chi connectivity index (χ1) is 21.5. The zero-order chi connectivity index (χ0) is 30.3. The monoisotopic (exact) mass is 601 g/mol. The Morgan fingerprint density at radius 3 is 2.84 bits per heavy atom. The fraction of sp³-hybridized carbons (Fsp3) is 0.515. The molecule has 1 aromatic carbocycles. The number of rotatable bonds is 12. The van der Waals surface area contributed by atoms with Gasteiger partial charge in [-0.1, -0.05) is 6.07 Å². The number of nitrogens with two attached hydrogens (primary N) is 1. The van der Waals surface area contributed by atoms with Crippen LogP contribution in [0.1, 0.15) is 48.4 Å². The van der Waals surface area contributed by atoms with Crippen molar-refractivity contribution >= 4 is 23.4 Å². The summed E-state index contributed by atoms with van der Waals surface area (Å²) in [4.78, 5) is 33.9. The van der Waals surface area contributed by atoms with Gasteiger partial charge in [-0.3, -0.25) is 14.7 Å². The SMILES string of the molecule is NC(=O)COC(=O)C[C@H](CN1CC[C@@H](CCc2ccc3c(n2)NCCC3)C1)c1cc(-c2ccn[nH]2)cc(N2CCOCC2)c1. The predicted octanol–water partition coefficient (Wildman–Crippen LogP) is 3.12. The standard InChI is InChI=1S/C33H43N7O4/c34-31(41)22-44-32(42)19-27(25-16-26(30-7-10-36-38-30)18-29(17-25)40-12-14-43-15-13-40)21-39-11-8-23(20-39)3-5-28-6-4-24-2-1-9-35-33(24)37-28/h4,6-7,10,16-18,23,27H,1-3,5,8-9,11-15,19-22H2,(H2,34,41)(H,35,37)(H,36,38)/t23-,27-/m1/s1. The minimum absolute atomic E-state index is 0.120. The van der Waals surface area contributed by atoms with E-state index in [-0.39, 0.29) is 12.3 Å². The molecule has 2 atom stereocenters. The summed E-state index contributed by atoms with van der Waals surface area (Å²) in [7, 11) is 0. The molecule has 5 heterocycles. The lowest BCUT2D eigenvalue weighted by Gasteiger charge is -2.31. The van der Waals surface area contributed by atoms with Crippen molar-refractivity contribution in [1.82, 2.24) is 20.1 Å². The van der Waals surface area contributed by atoms with Gasteiger partial charge in [0, 0.05) is 61.8 Å². The second kappa shape index (κ2) is 14.2. The number of aromatic nitrogens is 3. The molecular weight excluding hydrogens is 558 g/mol. The summed E-state index contributed by atoms with van der Waals surface area (Å²) in [5.74, 6) is 0.434. The third-order valence-electron chi connectivity index (χ3n) is 9.00. The number of fused-ring (bicyclic) bond motifs is 1. The number of H-pyrrole nitrogens is 1. The lowest BCUT2D eigenvalue weighted by atomic mass is 9.92. The number of ether oxygens (including phenoxy) is 2. The van der Waals surface area contributed by atoms with Gasteiger partial charge in [-0.05, 0) is 86.0 Å². The number of morpholine rings is 1. The fourth-order valence-corrected chi connectivity index (χ4v) is 6.63. The molecule has 6 rings (SSSR count). The average Bonchev–Trinajstić information content (AvgIpc) is 3.76. The number of esters is 1. The fourth-order valence-electron chi connectivity index (χ4n) is 6.63. The Kier molecular flexibility index (Phi) is 9.72. The van der Waals surface area contributed by atoms with Crippen LogP contribution in [-0.4, -0.2) is 91.0 Å². The third kappa shape index (κ3) is 7.75. The number of amides is 1. The average molecular weight is 602 g/mol. The van der Waals surface area contributed by atoms with Crippen LogP contribution in [0.15, 0.2) is 42.6 Å². The first kappa shape index (κ1) is 30.1. The van der Waals surface area contributed by atoms with Crippen molar-refractivity contribution in [3.05, 3.63) is 59.4 Å². The van der Waals surface area contributed by atoms with Gasteiger partial charge in [0.15, 0.2) is 6.61 Å². The first-order valence-corrected chi connectivity index (χ1v) is 15.9. The number of aryl methyl sites for hydroxylation is 2. The molecule has 2 fully saturated rings. The molecule has 0 saturated carbocycles. The second-order valence-corrected chi connectivity index (χ2v) is 12.2. The van der Waals surface area contributed by atoms with Crippen molar-refractivity contribution in [3.63, 3.8) is 0 Å². The number of pyridine rings is 1. The summed E-state index contributed by atoms with van der Waals surface area (Å²) in [5, 5.41) is 10.7. The zero-order valence-electron chi connectivity index (χ0n) is 25.3. The van der Waals surface area contributed by atoms with Crippen LogP contribution in [0.4, 0.5) is 11.5 Å².